The molecular weight excluding hydrogens is 270 g/mol. The zero-order valence-corrected chi connectivity index (χ0v) is 12.0. The number of rotatable bonds is 3. The Bertz CT molecular complexity index is 517. The van der Waals surface area contributed by atoms with Gasteiger partial charge in [0.1, 0.15) is 0 Å². The zero-order chi connectivity index (χ0) is 14.7. The van der Waals surface area contributed by atoms with Crippen molar-refractivity contribution in [2.75, 3.05) is 19.8 Å². The normalized spacial score (nSPS) is 24.4. The molecule has 1 aromatic rings. The van der Waals surface area contributed by atoms with Gasteiger partial charge in [-0.1, -0.05) is 6.42 Å². The number of hydrogen-bond donors (Lipinski definition) is 2. The molecule has 1 amide bonds. The van der Waals surface area contributed by atoms with Crippen LogP contribution in [0.4, 0.5) is 0 Å². The van der Waals surface area contributed by atoms with Crippen molar-refractivity contribution in [3.05, 3.63) is 23.8 Å². The summed E-state index contributed by atoms with van der Waals surface area (Å²) in [5.74, 6) is 1.36. The van der Waals surface area contributed by atoms with Gasteiger partial charge in [-0.15, -0.1) is 0 Å². The monoisotopic (exact) mass is 291 g/mol. The van der Waals surface area contributed by atoms with E-state index in [0.29, 0.717) is 36.8 Å². The Morgan fingerprint density at radius 3 is 2.76 bits per heavy atom. The van der Waals surface area contributed by atoms with E-state index in [9.17, 15) is 9.90 Å². The van der Waals surface area contributed by atoms with Gasteiger partial charge in [0.2, 0.25) is 0 Å². The molecule has 1 fully saturated rings. The van der Waals surface area contributed by atoms with Crippen molar-refractivity contribution in [2.45, 2.75) is 31.8 Å². The van der Waals surface area contributed by atoms with E-state index in [1.165, 1.54) is 0 Å². The van der Waals surface area contributed by atoms with Crippen molar-refractivity contribution < 1.29 is 19.4 Å². The van der Waals surface area contributed by atoms with E-state index in [0.717, 1.165) is 25.7 Å². The summed E-state index contributed by atoms with van der Waals surface area (Å²) in [5, 5.41) is 12.7. The number of nitrogens with one attached hydrogen (secondary N) is 1. The van der Waals surface area contributed by atoms with E-state index in [1.54, 1.807) is 18.2 Å². The number of benzene rings is 1. The molecule has 5 heteroatoms. The maximum Gasteiger partial charge on any atom is 0.251 e. The van der Waals surface area contributed by atoms with Crippen LogP contribution in [0.25, 0.3) is 0 Å². The lowest BCUT2D eigenvalue weighted by Gasteiger charge is -2.15. The predicted octanol–water partition coefficient (Wildman–Crippen LogP) is 1.74. The van der Waals surface area contributed by atoms with Gasteiger partial charge in [0, 0.05) is 24.4 Å². The lowest BCUT2D eigenvalue weighted by Crippen LogP contribution is -2.32. The second-order valence-electron chi connectivity index (χ2n) is 5.68. The molecule has 0 bridgehead atoms. The van der Waals surface area contributed by atoms with Crippen molar-refractivity contribution >= 4 is 5.91 Å². The maximum absolute atomic E-state index is 12.2. The van der Waals surface area contributed by atoms with Gasteiger partial charge in [0.25, 0.3) is 5.91 Å². The van der Waals surface area contributed by atoms with E-state index in [4.69, 9.17) is 9.47 Å². The first-order chi connectivity index (χ1) is 10.2. The topological polar surface area (TPSA) is 67.8 Å². The minimum atomic E-state index is -0.283. The van der Waals surface area contributed by atoms with Crippen LogP contribution in [0.1, 0.15) is 36.0 Å². The molecule has 21 heavy (non-hydrogen) atoms. The standard InChI is InChI=1S/C16H21NO4/c18-13-4-1-3-12(13)10-17-16(19)11-5-6-14-15(9-11)21-8-2-7-20-14/h5-6,9,12-13,18H,1-4,7-8,10H2,(H,17,19). The highest BCUT2D eigenvalue weighted by molar-refractivity contribution is 5.94. The number of carbonyl (C=O) groups is 1. The van der Waals surface area contributed by atoms with Crippen molar-refractivity contribution in [2.24, 2.45) is 5.92 Å². The molecule has 1 aromatic carbocycles. The summed E-state index contributed by atoms with van der Waals surface area (Å²) in [7, 11) is 0. The minimum absolute atomic E-state index is 0.134. The van der Waals surface area contributed by atoms with Crippen LogP contribution in [0.2, 0.25) is 0 Å². The van der Waals surface area contributed by atoms with Gasteiger partial charge in [0.05, 0.1) is 19.3 Å². The number of carbonyl (C=O) groups excluding carboxylic acids is 1. The number of aliphatic hydroxyl groups is 1. The Hall–Kier alpha value is -1.75. The van der Waals surface area contributed by atoms with Crippen LogP contribution >= 0.6 is 0 Å². The third-order valence-corrected chi connectivity index (χ3v) is 4.15. The number of amides is 1. The SMILES string of the molecule is O=C(NCC1CCCC1O)c1ccc2c(c1)OCCCO2. The molecule has 0 saturated heterocycles. The lowest BCUT2D eigenvalue weighted by molar-refractivity contribution is 0.0916. The molecule has 2 unspecified atom stereocenters. The summed E-state index contributed by atoms with van der Waals surface area (Å²) < 4.78 is 11.1. The Balaban J connectivity index is 1.63. The highest BCUT2D eigenvalue weighted by Gasteiger charge is 2.25. The summed E-state index contributed by atoms with van der Waals surface area (Å²) in [6.45, 7) is 1.76. The molecule has 2 atom stereocenters. The smallest absolute Gasteiger partial charge is 0.251 e. The molecule has 114 valence electrons. The second-order valence-corrected chi connectivity index (χ2v) is 5.68. The summed E-state index contributed by atoms with van der Waals surface area (Å²) in [6.07, 6.45) is 3.41. The van der Waals surface area contributed by atoms with Gasteiger partial charge in [-0.05, 0) is 31.0 Å². The quantitative estimate of drug-likeness (QED) is 0.890. The van der Waals surface area contributed by atoms with Crippen LogP contribution in [0.15, 0.2) is 18.2 Å². The van der Waals surface area contributed by atoms with Gasteiger partial charge in [0.15, 0.2) is 11.5 Å². The Labute approximate surface area is 124 Å². The summed E-state index contributed by atoms with van der Waals surface area (Å²) in [5.41, 5.74) is 0.562. The molecule has 1 aliphatic heterocycles. The number of ether oxygens (including phenoxy) is 2. The molecule has 0 radical (unpaired) electrons. The van der Waals surface area contributed by atoms with Crippen molar-refractivity contribution in [3.63, 3.8) is 0 Å². The fourth-order valence-electron chi connectivity index (χ4n) is 2.89. The first-order valence-corrected chi connectivity index (χ1v) is 7.60. The molecule has 2 N–H and O–H groups in total. The minimum Gasteiger partial charge on any atom is -0.490 e. The molecule has 1 heterocycles. The van der Waals surface area contributed by atoms with Crippen LogP contribution in [0.5, 0.6) is 11.5 Å². The molecular formula is C16H21NO4. The summed E-state index contributed by atoms with van der Waals surface area (Å²) in [4.78, 5) is 12.2. The second kappa shape index (κ2) is 6.35. The van der Waals surface area contributed by atoms with Crippen molar-refractivity contribution in [1.82, 2.24) is 5.32 Å². The first kappa shape index (κ1) is 14.2. The van der Waals surface area contributed by atoms with Crippen LogP contribution in [-0.4, -0.2) is 36.9 Å². The zero-order valence-electron chi connectivity index (χ0n) is 12.0. The van der Waals surface area contributed by atoms with Crippen LogP contribution in [-0.2, 0) is 0 Å². The fraction of sp³-hybridized carbons (Fsp3) is 0.562. The third kappa shape index (κ3) is 3.29. The summed E-state index contributed by atoms with van der Waals surface area (Å²) >= 11 is 0. The molecule has 5 nitrogen and oxygen atoms in total. The van der Waals surface area contributed by atoms with Crippen LogP contribution < -0.4 is 14.8 Å². The average molecular weight is 291 g/mol. The molecule has 0 aromatic heterocycles. The van der Waals surface area contributed by atoms with Gasteiger partial charge < -0.3 is 19.9 Å². The van der Waals surface area contributed by atoms with Crippen molar-refractivity contribution in [3.8, 4) is 11.5 Å². The Morgan fingerprint density at radius 2 is 2.00 bits per heavy atom. The van der Waals surface area contributed by atoms with Gasteiger partial charge in [-0.3, -0.25) is 4.79 Å². The van der Waals surface area contributed by atoms with E-state index >= 15 is 0 Å². The number of hydrogen-bond acceptors (Lipinski definition) is 4. The number of aliphatic hydroxyl groups excluding tert-OH is 1. The lowest BCUT2D eigenvalue weighted by atomic mass is 10.1. The third-order valence-electron chi connectivity index (χ3n) is 4.15. The molecule has 0 spiro atoms. The van der Waals surface area contributed by atoms with Crippen molar-refractivity contribution in [1.29, 1.82) is 0 Å². The highest BCUT2D eigenvalue weighted by atomic mass is 16.5. The van der Waals surface area contributed by atoms with Crippen LogP contribution in [0.3, 0.4) is 0 Å². The highest BCUT2D eigenvalue weighted by Crippen LogP contribution is 2.30. The van der Waals surface area contributed by atoms with Crippen LogP contribution in [0, 0.1) is 5.92 Å². The van der Waals surface area contributed by atoms with Gasteiger partial charge >= 0.3 is 0 Å². The molecule has 3 rings (SSSR count). The van der Waals surface area contributed by atoms with E-state index < -0.39 is 0 Å². The number of fused-ring (bicyclic) bond motifs is 1. The summed E-state index contributed by atoms with van der Waals surface area (Å²) in [6, 6.07) is 5.25. The Kier molecular flexibility index (Phi) is 4.29. The van der Waals surface area contributed by atoms with E-state index in [1.807, 2.05) is 0 Å². The van der Waals surface area contributed by atoms with E-state index in [-0.39, 0.29) is 17.9 Å². The Morgan fingerprint density at radius 1 is 1.19 bits per heavy atom. The van der Waals surface area contributed by atoms with E-state index in [2.05, 4.69) is 5.32 Å². The molecule has 2 aliphatic rings. The van der Waals surface area contributed by atoms with Gasteiger partial charge in [-0.2, -0.15) is 0 Å². The fourth-order valence-corrected chi connectivity index (χ4v) is 2.89. The maximum atomic E-state index is 12.2. The largest absolute Gasteiger partial charge is 0.490 e. The van der Waals surface area contributed by atoms with Gasteiger partial charge in [-0.25, -0.2) is 0 Å². The average Bonchev–Trinajstić information content (AvgIpc) is 2.76. The molecule has 1 aliphatic carbocycles. The molecule has 1 saturated carbocycles. The first-order valence-electron chi connectivity index (χ1n) is 7.60. The predicted molar refractivity (Wildman–Crippen MR) is 77.7 cm³/mol.